The van der Waals surface area contributed by atoms with Crippen molar-refractivity contribution in [2.75, 3.05) is 43.0 Å². The third kappa shape index (κ3) is 3.00. The van der Waals surface area contributed by atoms with Crippen LogP contribution in [-0.4, -0.2) is 63.0 Å². The standard InChI is InChI=1S/C18H21ClN8O/c1-12-20-17(23-28-12)25-5-7-26(8-6-25)18-22-21-16-11-24(2)10-13-9-14(19)3-4-15(13)27(16)18/h3-4,9H,5-8,10-11H2,1-2H3. The highest BCUT2D eigenvalue weighted by atomic mass is 35.5. The minimum Gasteiger partial charge on any atom is -0.338 e. The molecule has 0 saturated carbocycles. The summed E-state index contributed by atoms with van der Waals surface area (Å²) in [5.74, 6) is 3.05. The Kier molecular flexibility index (Phi) is 4.21. The predicted molar refractivity (Wildman–Crippen MR) is 105 cm³/mol. The minimum atomic E-state index is 0.583. The van der Waals surface area contributed by atoms with Gasteiger partial charge in [0.1, 0.15) is 0 Å². The largest absolute Gasteiger partial charge is 0.338 e. The van der Waals surface area contributed by atoms with Crippen molar-refractivity contribution in [3.63, 3.8) is 0 Å². The van der Waals surface area contributed by atoms with Gasteiger partial charge in [-0.1, -0.05) is 11.6 Å². The van der Waals surface area contributed by atoms with Gasteiger partial charge in [-0.15, -0.1) is 10.2 Å². The van der Waals surface area contributed by atoms with Crippen LogP contribution in [0.4, 0.5) is 11.9 Å². The first-order valence-corrected chi connectivity index (χ1v) is 9.68. The maximum Gasteiger partial charge on any atom is 0.266 e. The maximum absolute atomic E-state index is 6.25. The van der Waals surface area contributed by atoms with Gasteiger partial charge in [-0.25, -0.2) is 0 Å². The van der Waals surface area contributed by atoms with Gasteiger partial charge >= 0.3 is 0 Å². The van der Waals surface area contributed by atoms with E-state index in [1.54, 1.807) is 6.92 Å². The third-order valence-corrected chi connectivity index (χ3v) is 5.44. The van der Waals surface area contributed by atoms with Crippen LogP contribution >= 0.6 is 11.6 Å². The van der Waals surface area contributed by atoms with Gasteiger partial charge in [-0.3, -0.25) is 9.47 Å². The molecule has 4 heterocycles. The van der Waals surface area contributed by atoms with Crippen LogP contribution in [0.2, 0.25) is 5.02 Å². The summed E-state index contributed by atoms with van der Waals surface area (Å²) >= 11 is 6.25. The van der Waals surface area contributed by atoms with Gasteiger partial charge in [-0.2, -0.15) is 4.98 Å². The Labute approximate surface area is 167 Å². The van der Waals surface area contributed by atoms with Gasteiger partial charge in [-0.05, 0) is 36.0 Å². The average Bonchev–Trinajstić information content (AvgIpc) is 3.25. The molecule has 9 nitrogen and oxygen atoms in total. The molecule has 1 aromatic carbocycles. The van der Waals surface area contributed by atoms with Crippen molar-refractivity contribution in [2.45, 2.75) is 20.0 Å². The van der Waals surface area contributed by atoms with Crippen LogP contribution in [0.5, 0.6) is 0 Å². The van der Waals surface area contributed by atoms with Crippen LogP contribution < -0.4 is 9.80 Å². The summed E-state index contributed by atoms with van der Waals surface area (Å²) in [5.41, 5.74) is 2.27. The molecule has 0 N–H and O–H groups in total. The van der Waals surface area contributed by atoms with Crippen LogP contribution in [0.25, 0.3) is 5.69 Å². The first-order valence-electron chi connectivity index (χ1n) is 9.30. The van der Waals surface area contributed by atoms with E-state index in [1.165, 1.54) is 5.56 Å². The number of benzene rings is 1. The molecule has 146 valence electrons. The molecule has 0 unspecified atom stereocenters. The summed E-state index contributed by atoms with van der Waals surface area (Å²) < 4.78 is 7.28. The van der Waals surface area contributed by atoms with E-state index < -0.39 is 0 Å². The third-order valence-electron chi connectivity index (χ3n) is 5.21. The van der Waals surface area contributed by atoms with Crippen LogP contribution in [-0.2, 0) is 13.1 Å². The molecular formula is C18H21ClN8O. The summed E-state index contributed by atoms with van der Waals surface area (Å²) in [6.45, 7) is 6.59. The molecule has 0 radical (unpaired) electrons. The second-order valence-corrected chi connectivity index (χ2v) is 7.72. The number of rotatable bonds is 2. The summed E-state index contributed by atoms with van der Waals surface area (Å²) in [4.78, 5) is 11.0. The van der Waals surface area contributed by atoms with E-state index in [4.69, 9.17) is 16.1 Å². The van der Waals surface area contributed by atoms with E-state index in [9.17, 15) is 0 Å². The van der Waals surface area contributed by atoms with Crippen molar-refractivity contribution in [1.82, 2.24) is 29.8 Å². The second-order valence-electron chi connectivity index (χ2n) is 7.28. The lowest BCUT2D eigenvalue weighted by Gasteiger charge is -2.34. The number of hydrogen-bond donors (Lipinski definition) is 0. The fraction of sp³-hybridized carbons (Fsp3) is 0.444. The molecule has 2 aliphatic rings. The van der Waals surface area contributed by atoms with Gasteiger partial charge in [0.2, 0.25) is 11.8 Å². The van der Waals surface area contributed by atoms with Crippen LogP contribution in [0.1, 0.15) is 17.3 Å². The molecule has 5 rings (SSSR count). The summed E-state index contributed by atoms with van der Waals surface area (Å²) in [6, 6.07) is 6.02. The van der Waals surface area contributed by atoms with E-state index >= 15 is 0 Å². The maximum atomic E-state index is 6.25. The van der Waals surface area contributed by atoms with Crippen LogP contribution in [0.15, 0.2) is 22.7 Å². The molecule has 28 heavy (non-hydrogen) atoms. The zero-order valence-electron chi connectivity index (χ0n) is 15.8. The molecular weight excluding hydrogens is 380 g/mol. The average molecular weight is 401 g/mol. The second kappa shape index (κ2) is 6.75. The van der Waals surface area contributed by atoms with Crippen molar-refractivity contribution >= 4 is 23.5 Å². The van der Waals surface area contributed by atoms with Gasteiger partial charge in [0.15, 0.2) is 5.82 Å². The number of piperazine rings is 1. The van der Waals surface area contributed by atoms with E-state index in [0.29, 0.717) is 11.8 Å². The fourth-order valence-electron chi connectivity index (χ4n) is 3.87. The first-order chi connectivity index (χ1) is 13.6. The molecule has 3 aromatic rings. The topological polar surface area (TPSA) is 79.4 Å². The molecule has 0 bridgehead atoms. The number of aryl methyl sites for hydroxylation is 1. The summed E-state index contributed by atoms with van der Waals surface area (Å²) in [6.07, 6.45) is 0. The Balaban J connectivity index is 1.45. The van der Waals surface area contributed by atoms with E-state index in [-0.39, 0.29) is 0 Å². The number of hydrogen-bond acceptors (Lipinski definition) is 8. The quantitative estimate of drug-likeness (QED) is 0.645. The van der Waals surface area contributed by atoms with Gasteiger partial charge in [0.25, 0.3) is 5.95 Å². The highest BCUT2D eigenvalue weighted by Crippen LogP contribution is 2.30. The molecule has 2 aromatic heterocycles. The zero-order chi connectivity index (χ0) is 19.3. The van der Waals surface area contributed by atoms with E-state index in [1.807, 2.05) is 12.1 Å². The van der Waals surface area contributed by atoms with E-state index in [2.05, 4.69) is 52.7 Å². The minimum absolute atomic E-state index is 0.583. The van der Waals surface area contributed by atoms with Gasteiger partial charge < -0.3 is 14.3 Å². The zero-order valence-corrected chi connectivity index (χ0v) is 16.6. The van der Waals surface area contributed by atoms with Crippen molar-refractivity contribution in [3.8, 4) is 5.69 Å². The van der Waals surface area contributed by atoms with Gasteiger partial charge in [0, 0.05) is 44.7 Å². The molecule has 10 heteroatoms. The SMILES string of the molecule is Cc1nc(N2CCN(c3nnc4n3-c3ccc(Cl)cc3CN(C)C4)CC2)no1. The lowest BCUT2D eigenvalue weighted by molar-refractivity contribution is 0.315. The predicted octanol–water partition coefficient (Wildman–Crippen LogP) is 1.88. The fourth-order valence-corrected chi connectivity index (χ4v) is 4.07. The Morgan fingerprint density at radius 2 is 1.82 bits per heavy atom. The molecule has 0 aliphatic carbocycles. The van der Waals surface area contributed by atoms with E-state index in [0.717, 1.165) is 61.8 Å². The molecule has 1 fully saturated rings. The number of halogens is 1. The Morgan fingerprint density at radius 1 is 1.04 bits per heavy atom. The number of fused-ring (bicyclic) bond motifs is 3. The first kappa shape index (κ1) is 17.4. The summed E-state index contributed by atoms with van der Waals surface area (Å²) in [7, 11) is 2.08. The van der Waals surface area contributed by atoms with Crippen molar-refractivity contribution in [1.29, 1.82) is 0 Å². The molecule has 2 aliphatic heterocycles. The number of anilines is 2. The Morgan fingerprint density at radius 3 is 2.57 bits per heavy atom. The van der Waals surface area contributed by atoms with Crippen LogP contribution in [0, 0.1) is 6.92 Å². The van der Waals surface area contributed by atoms with Crippen molar-refractivity contribution < 1.29 is 4.52 Å². The Hall–Kier alpha value is -2.65. The van der Waals surface area contributed by atoms with Gasteiger partial charge in [0.05, 0.1) is 12.2 Å². The van der Waals surface area contributed by atoms with Crippen molar-refractivity contribution in [3.05, 3.63) is 40.5 Å². The Bertz CT molecular complexity index is 1010. The number of aromatic nitrogens is 5. The van der Waals surface area contributed by atoms with Crippen LogP contribution in [0.3, 0.4) is 0 Å². The van der Waals surface area contributed by atoms with Crippen molar-refractivity contribution in [2.24, 2.45) is 0 Å². The highest BCUT2D eigenvalue weighted by Gasteiger charge is 2.28. The normalized spacial score (nSPS) is 17.4. The smallest absolute Gasteiger partial charge is 0.266 e. The number of nitrogens with zero attached hydrogens (tertiary/aromatic N) is 8. The molecule has 0 amide bonds. The highest BCUT2D eigenvalue weighted by molar-refractivity contribution is 6.30. The summed E-state index contributed by atoms with van der Waals surface area (Å²) in [5, 5.41) is 13.8. The lowest BCUT2D eigenvalue weighted by atomic mass is 10.1. The monoisotopic (exact) mass is 400 g/mol. The lowest BCUT2D eigenvalue weighted by Crippen LogP contribution is -2.47. The molecule has 0 atom stereocenters. The molecule has 0 spiro atoms. The molecule has 1 saturated heterocycles.